The third-order valence-electron chi connectivity index (χ3n) is 3.53. The molecule has 0 unspecified atom stereocenters. The highest BCUT2D eigenvalue weighted by Gasteiger charge is 2.51. The van der Waals surface area contributed by atoms with Crippen molar-refractivity contribution < 1.29 is 17.7 Å². The zero-order valence-electron chi connectivity index (χ0n) is 15.1. The second-order valence-corrected chi connectivity index (χ2v) is 7.72. The minimum atomic E-state index is -3.35. The summed E-state index contributed by atoms with van der Waals surface area (Å²) < 4.78 is 24.5. The Labute approximate surface area is 152 Å². The molecule has 0 fully saturated rings. The maximum absolute atomic E-state index is 6.17. The van der Waals surface area contributed by atoms with Gasteiger partial charge in [0.2, 0.25) is 0 Å². The summed E-state index contributed by atoms with van der Waals surface area (Å²) in [5.41, 5.74) is 0. The number of benzene rings is 2. The lowest BCUT2D eigenvalue weighted by Gasteiger charge is -2.28. The summed E-state index contributed by atoms with van der Waals surface area (Å²) in [5, 5.41) is 0. The third-order valence-corrected chi connectivity index (χ3v) is 5.61. The molecule has 0 spiro atoms. The molecule has 0 amide bonds. The van der Waals surface area contributed by atoms with Gasteiger partial charge in [0, 0.05) is 13.2 Å². The van der Waals surface area contributed by atoms with Crippen LogP contribution in [0.15, 0.2) is 60.7 Å². The van der Waals surface area contributed by atoms with Crippen LogP contribution in [-0.2, 0) is 8.85 Å². The summed E-state index contributed by atoms with van der Waals surface area (Å²) in [6.07, 6.45) is 3.94. The van der Waals surface area contributed by atoms with Gasteiger partial charge in [0.1, 0.15) is 11.5 Å². The minimum Gasteiger partial charge on any atom is -0.471 e. The van der Waals surface area contributed by atoms with E-state index in [0.717, 1.165) is 25.7 Å². The number of rotatable bonds is 12. The summed E-state index contributed by atoms with van der Waals surface area (Å²) in [5.74, 6) is 1.39. The first-order valence-electron chi connectivity index (χ1n) is 9.04. The van der Waals surface area contributed by atoms with Gasteiger partial charge in [-0.2, -0.15) is 0 Å². The molecular formula is C20H28O4Si. The maximum atomic E-state index is 6.17. The monoisotopic (exact) mass is 360 g/mol. The van der Waals surface area contributed by atoms with E-state index in [1.165, 1.54) is 0 Å². The SMILES string of the molecule is CCCCO[Si](OCCCC)(Oc1ccccc1)Oc1ccccc1. The molecule has 4 nitrogen and oxygen atoms in total. The molecule has 2 aromatic rings. The maximum Gasteiger partial charge on any atom is 0.820 e. The molecule has 0 saturated heterocycles. The molecule has 0 saturated carbocycles. The molecule has 0 aliphatic heterocycles. The van der Waals surface area contributed by atoms with Gasteiger partial charge in [0.15, 0.2) is 0 Å². The minimum absolute atomic E-state index is 0.550. The molecule has 0 bridgehead atoms. The Hall–Kier alpha value is -1.82. The van der Waals surface area contributed by atoms with E-state index in [-0.39, 0.29) is 0 Å². The second kappa shape index (κ2) is 10.9. The Bertz CT molecular complexity index is 523. The first kappa shape index (κ1) is 19.5. The van der Waals surface area contributed by atoms with Gasteiger partial charge >= 0.3 is 9.05 Å². The number of hydrogen-bond donors (Lipinski definition) is 0. The molecule has 0 atom stereocenters. The molecule has 136 valence electrons. The van der Waals surface area contributed by atoms with Crippen molar-refractivity contribution in [1.82, 2.24) is 0 Å². The van der Waals surface area contributed by atoms with Gasteiger partial charge in [-0.05, 0) is 37.1 Å². The largest absolute Gasteiger partial charge is 0.820 e. The van der Waals surface area contributed by atoms with Crippen LogP contribution in [0.25, 0.3) is 0 Å². The predicted octanol–water partition coefficient (Wildman–Crippen LogP) is 5.21. The predicted molar refractivity (Wildman–Crippen MR) is 102 cm³/mol. The molecule has 0 radical (unpaired) electrons. The van der Waals surface area contributed by atoms with E-state index < -0.39 is 9.05 Å². The van der Waals surface area contributed by atoms with Gasteiger partial charge in [-0.25, -0.2) is 0 Å². The van der Waals surface area contributed by atoms with Crippen LogP contribution in [0.4, 0.5) is 0 Å². The third kappa shape index (κ3) is 6.90. The zero-order valence-corrected chi connectivity index (χ0v) is 16.1. The first-order valence-corrected chi connectivity index (χ1v) is 10.7. The van der Waals surface area contributed by atoms with Gasteiger partial charge in [0.05, 0.1) is 0 Å². The smallest absolute Gasteiger partial charge is 0.471 e. The number of para-hydroxylation sites is 2. The lowest BCUT2D eigenvalue weighted by atomic mass is 10.3. The first-order chi connectivity index (χ1) is 12.3. The van der Waals surface area contributed by atoms with Gasteiger partial charge < -0.3 is 17.7 Å². The van der Waals surface area contributed by atoms with Crippen molar-refractivity contribution in [3.63, 3.8) is 0 Å². The van der Waals surface area contributed by atoms with Crippen molar-refractivity contribution in [2.24, 2.45) is 0 Å². The lowest BCUT2D eigenvalue weighted by Crippen LogP contribution is -2.55. The number of unbranched alkanes of at least 4 members (excludes halogenated alkanes) is 2. The normalized spacial score (nSPS) is 11.3. The van der Waals surface area contributed by atoms with Crippen molar-refractivity contribution >= 4 is 9.05 Å². The van der Waals surface area contributed by atoms with Crippen molar-refractivity contribution in [2.45, 2.75) is 39.5 Å². The van der Waals surface area contributed by atoms with Crippen LogP contribution >= 0.6 is 0 Å². The topological polar surface area (TPSA) is 36.9 Å². The van der Waals surface area contributed by atoms with E-state index in [1.54, 1.807) is 0 Å². The van der Waals surface area contributed by atoms with Crippen LogP contribution in [0.2, 0.25) is 0 Å². The molecule has 0 aliphatic carbocycles. The molecule has 5 heteroatoms. The van der Waals surface area contributed by atoms with Crippen LogP contribution in [0.5, 0.6) is 11.5 Å². The summed E-state index contributed by atoms with van der Waals surface area (Å²) in [4.78, 5) is 0. The standard InChI is InChI=1S/C20H28O4Si/c1-3-5-17-21-25(22-18-6-4-2,23-19-13-9-7-10-14-19)24-20-15-11-8-12-16-20/h7-16H,3-6,17-18H2,1-2H3. The van der Waals surface area contributed by atoms with Crippen molar-refractivity contribution in [2.75, 3.05) is 13.2 Å². The average Bonchev–Trinajstić information content (AvgIpc) is 2.64. The van der Waals surface area contributed by atoms with Crippen LogP contribution in [-0.4, -0.2) is 22.3 Å². The van der Waals surface area contributed by atoms with Crippen molar-refractivity contribution in [1.29, 1.82) is 0 Å². The van der Waals surface area contributed by atoms with E-state index in [2.05, 4.69) is 13.8 Å². The highest BCUT2D eigenvalue weighted by molar-refractivity contribution is 6.55. The Morgan fingerprint density at radius 2 is 1.04 bits per heavy atom. The second-order valence-electron chi connectivity index (χ2n) is 5.73. The Morgan fingerprint density at radius 1 is 0.640 bits per heavy atom. The molecule has 0 N–H and O–H groups in total. The number of hydrogen-bond acceptors (Lipinski definition) is 4. The quantitative estimate of drug-likeness (QED) is 0.384. The van der Waals surface area contributed by atoms with Crippen LogP contribution < -0.4 is 8.85 Å². The summed E-state index contributed by atoms with van der Waals surface area (Å²) in [6.45, 7) is 5.35. The highest BCUT2D eigenvalue weighted by Crippen LogP contribution is 2.23. The van der Waals surface area contributed by atoms with Gasteiger partial charge in [-0.15, -0.1) is 0 Å². The molecule has 2 aromatic carbocycles. The van der Waals surface area contributed by atoms with E-state index in [0.29, 0.717) is 24.7 Å². The fourth-order valence-electron chi connectivity index (χ4n) is 2.13. The van der Waals surface area contributed by atoms with E-state index >= 15 is 0 Å². The van der Waals surface area contributed by atoms with Crippen LogP contribution in [0.3, 0.4) is 0 Å². The average molecular weight is 361 g/mol. The fraction of sp³-hybridized carbons (Fsp3) is 0.400. The van der Waals surface area contributed by atoms with Gasteiger partial charge in [0.25, 0.3) is 0 Å². The Kier molecular flexibility index (Phi) is 8.52. The molecule has 0 aromatic heterocycles. The molecular weight excluding hydrogens is 332 g/mol. The Balaban J connectivity index is 2.22. The van der Waals surface area contributed by atoms with Crippen LogP contribution in [0.1, 0.15) is 39.5 Å². The summed E-state index contributed by atoms with van der Waals surface area (Å²) in [7, 11) is -3.35. The molecule has 2 rings (SSSR count). The summed E-state index contributed by atoms with van der Waals surface area (Å²) >= 11 is 0. The van der Waals surface area contributed by atoms with Crippen molar-refractivity contribution in [3.05, 3.63) is 60.7 Å². The summed E-state index contributed by atoms with van der Waals surface area (Å²) in [6, 6.07) is 19.2. The van der Waals surface area contributed by atoms with Gasteiger partial charge in [-0.3, -0.25) is 0 Å². The van der Waals surface area contributed by atoms with E-state index in [1.807, 2.05) is 60.7 Å². The highest BCUT2D eigenvalue weighted by atomic mass is 28.4. The van der Waals surface area contributed by atoms with Gasteiger partial charge in [-0.1, -0.05) is 63.1 Å². The molecule has 25 heavy (non-hydrogen) atoms. The van der Waals surface area contributed by atoms with E-state index in [4.69, 9.17) is 17.7 Å². The zero-order chi connectivity index (χ0) is 17.8. The van der Waals surface area contributed by atoms with Crippen molar-refractivity contribution in [3.8, 4) is 11.5 Å². The fourth-order valence-corrected chi connectivity index (χ4v) is 4.13. The van der Waals surface area contributed by atoms with E-state index in [9.17, 15) is 0 Å². The van der Waals surface area contributed by atoms with Crippen LogP contribution in [0, 0.1) is 0 Å². The molecule has 0 aliphatic rings. The lowest BCUT2D eigenvalue weighted by molar-refractivity contribution is 0.0392. The molecule has 0 heterocycles. The Morgan fingerprint density at radius 3 is 1.40 bits per heavy atom.